The fourth-order valence-electron chi connectivity index (χ4n) is 1.90. The van der Waals surface area contributed by atoms with E-state index in [1.54, 1.807) is 0 Å². The highest BCUT2D eigenvalue weighted by Gasteiger charge is 1.98. The largest absolute Gasteiger partial charge is 0.385 e. The van der Waals surface area contributed by atoms with Crippen LogP contribution in [0.4, 0.5) is 11.4 Å². The van der Waals surface area contributed by atoms with E-state index in [0.29, 0.717) is 0 Å². The van der Waals surface area contributed by atoms with Crippen molar-refractivity contribution in [2.24, 2.45) is 0 Å². The van der Waals surface area contributed by atoms with Gasteiger partial charge in [0.15, 0.2) is 0 Å². The molecule has 0 bridgehead atoms. The Morgan fingerprint density at radius 1 is 1.05 bits per heavy atom. The molecular formula is C16H19ClN2. The van der Waals surface area contributed by atoms with Crippen molar-refractivity contribution in [3.63, 3.8) is 0 Å². The van der Waals surface area contributed by atoms with Crippen molar-refractivity contribution in [2.75, 3.05) is 30.9 Å². The number of nitrogens with one attached hydrogen (secondary N) is 1. The molecular weight excluding hydrogens is 256 g/mol. The lowest BCUT2D eigenvalue weighted by Gasteiger charge is -2.14. The van der Waals surface area contributed by atoms with Crippen molar-refractivity contribution in [1.29, 1.82) is 0 Å². The van der Waals surface area contributed by atoms with Crippen LogP contribution in [0.2, 0.25) is 5.02 Å². The maximum Gasteiger partial charge on any atom is 0.0406 e. The van der Waals surface area contributed by atoms with Gasteiger partial charge in [0, 0.05) is 37.0 Å². The minimum absolute atomic E-state index is 0.787. The number of benzene rings is 2. The SMILES string of the molecule is CN(C)c1cccc(NCCc2ccc(Cl)cc2)c1. The van der Waals surface area contributed by atoms with Gasteiger partial charge in [0.05, 0.1) is 0 Å². The second-order valence-electron chi connectivity index (χ2n) is 4.75. The molecule has 100 valence electrons. The summed E-state index contributed by atoms with van der Waals surface area (Å²) in [6.07, 6.45) is 0.989. The van der Waals surface area contributed by atoms with Crippen LogP contribution in [-0.2, 0) is 6.42 Å². The van der Waals surface area contributed by atoms with Crippen LogP contribution in [0.25, 0.3) is 0 Å². The summed E-state index contributed by atoms with van der Waals surface area (Å²) in [6, 6.07) is 16.4. The number of nitrogens with zero attached hydrogens (tertiary/aromatic N) is 1. The molecule has 0 atom stereocenters. The smallest absolute Gasteiger partial charge is 0.0406 e. The van der Waals surface area contributed by atoms with Crippen LogP contribution in [0.15, 0.2) is 48.5 Å². The third-order valence-electron chi connectivity index (χ3n) is 3.02. The normalized spacial score (nSPS) is 10.3. The Morgan fingerprint density at radius 3 is 2.47 bits per heavy atom. The highest BCUT2D eigenvalue weighted by molar-refractivity contribution is 6.30. The van der Waals surface area contributed by atoms with Gasteiger partial charge >= 0.3 is 0 Å². The molecule has 2 rings (SSSR count). The summed E-state index contributed by atoms with van der Waals surface area (Å²) in [4.78, 5) is 2.10. The molecule has 2 aromatic rings. The first kappa shape index (κ1) is 13.8. The lowest BCUT2D eigenvalue weighted by Crippen LogP contribution is -2.10. The molecule has 0 spiro atoms. The Morgan fingerprint density at radius 2 is 1.79 bits per heavy atom. The van der Waals surface area contributed by atoms with E-state index in [2.05, 4.69) is 46.6 Å². The topological polar surface area (TPSA) is 15.3 Å². The fourth-order valence-corrected chi connectivity index (χ4v) is 2.02. The van der Waals surface area contributed by atoms with Crippen LogP contribution in [0.1, 0.15) is 5.56 Å². The highest BCUT2D eigenvalue weighted by Crippen LogP contribution is 2.17. The molecule has 0 aliphatic heterocycles. The van der Waals surface area contributed by atoms with Gasteiger partial charge in [-0.15, -0.1) is 0 Å². The molecule has 1 N–H and O–H groups in total. The Balaban J connectivity index is 1.88. The van der Waals surface area contributed by atoms with Gasteiger partial charge in [-0.1, -0.05) is 29.8 Å². The molecule has 0 aromatic heterocycles. The van der Waals surface area contributed by atoms with E-state index in [1.165, 1.54) is 11.3 Å². The number of hydrogen-bond acceptors (Lipinski definition) is 2. The van der Waals surface area contributed by atoms with Crippen molar-refractivity contribution in [3.8, 4) is 0 Å². The molecule has 0 saturated carbocycles. The molecule has 0 radical (unpaired) electrons. The van der Waals surface area contributed by atoms with Crippen LogP contribution in [0.5, 0.6) is 0 Å². The Hall–Kier alpha value is -1.67. The minimum atomic E-state index is 0.787. The first-order chi connectivity index (χ1) is 9.15. The molecule has 0 heterocycles. The van der Waals surface area contributed by atoms with Crippen LogP contribution >= 0.6 is 11.6 Å². The average Bonchev–Trinajstić information content (AvgIpc) is 2.41. The quantitative estimate of drug-likeness (QED) is 0.884. The predicted molar refractivity (Wildman–Crippen MR) is 84.4 cm³/mol. The van der Waals surface area contributed by atoms with Gasteiger partial charge in [-0.2, -0.15) is 0 Å². The van der Waals surface area contributed by atoms with Crippen molar-refractivity contribution < 1.29 is 0 Å². The third-order valence-corrected chi connectivity index (χ3v) is 3.27. The van der Waals surface area contributed by atoms with Gasteiger partial charge < -0.3 is 10.2 Å². The molecule has 3 heteroatoms. The molecule has 0 aliphatic carbocycles. The molecule has 0 fully saturated rings. The zero-order valence-electron chi connectivity index (χ0n) is 11.4. The van der Waals surface area contributed by atoms with Crippen LogP contribution < -0.4 is 10.2 Å². The van der Waals surface area contributed by atoms with Crippen LogP contribution in [0.3, 0.4) is 0 Å². The minimum Gasteiger partial charge on any atom is -0.385 e. The maximum atomic E-state index is 5.87. The average molecular weight is 275 g/mol. The predicted octanol–water partition coefficient (Wildman–Crippen LogP) is 4.06. The fraction of sp³-hybridized carbons (Fsp3) is 0.250. The van der Waals surface area contributed by atoms with E-state index in [9.17, 15) is 0 Å². The zero-order chi connectivity index (χ0) is 13.7. The third kappa shape index (κ3) is 4.18. The first-order valence-electron chi connectivity index (χ1n) is 6.41. The summed E-state index contributed by atoms with van der Waals surface area (Å²) < 4.78 is 0. The number of anilines is 2. The maximum absolute atomic E-state index is 5.87. The lowest BCUT2D eigenvalue weighted by atomic mass is 10.1. The van der Waals surface area contributed by atoms with Gasteiger partial charge in [0.1, 0.15) is 0 Å². The van der Waals surface area contributed by atoms with Gasteiger partial charge in [-0.05, 0) is 42.3 Å². The van der Waals surface area contributed by atoms with E-state index < -0.39 is 0 Å². The highest BCUT2D eigenvalue weighted by atomic mass is 35.5. The Bertz CT molecular complexity index is 521. The molecule has 0 amide bonds. The van der Waals surface area contributed by atoms with Crippen molar-refractivity contribution in [3.05, 3.63) is 59.1 Å². The molecule has 2 nitrogen and oxygen atoms in total. The van der Waals surface area contributed by atoms with Crippen LogP contribution in [-0.4, -0.2) is 20.6 Å². The summed E-state index contributed by atoms with van der Waals surface area (Å²) in [5, 5.41) is 4.23. The summed E-state index contributed by atoms with van der Waals surface area (Å²) in [5.74, 6) is 0. The Kier molecular flexibility index (Phi) is 4.69. The van der Waals surface area contributed by atoms with Crippen molar-refractivity contribution in [1.82, 2.24) is 0 Å². The van der Waals surface area contributed by atoms with Gasteiger partial charge in [-0.3, -0.25) is 0 Å². The number of hydrogen-bond donors (Lipinski definition) is 1. The monoisotopic (exact) mass is 274 g/mol. The summed E-state index contributed by atoms with van der Waals surface area (Å²) in [7, 11) is 4.10. The molecule has 0 aliphatic rings. The molecule has 19 heavy (non-hydrogen) atoms. The number of rotatable bonds is 5. The summed E-state index contributed by atoms with van der Waals surface area (Å²) in [6.45, 7) is 0.915. The Labute approximate surface area is 120 Å². The van der Waals surface area contributed by atoms with Crippen molar-refractivity contribution >= 4 is 23.0 Å². The van der Waals surface area contributed by atoms with Crippen LogP contribution in [0, 0.1) is 0 Å². The second kappa shape index (κ2) is 6.48. The van der Waals surface area contributed by atoms with E-state index in [1.807, 2.05) is 26.2 Å². The van der Waals surface area contributed by atoms with E-state index in [0.717, 1.165) is 23.7 Å². The molecule has 2 aromatic carbocycles. The lowest BCUT2D eigenvalue weighted by molar-refractivity contribution is 1.02. The van der Waals surface area contributed by atoms with E-state index >= 15 is 0 Å². The first-order valence-corrected chi connectivity index (χ1v) is 6.78. The zero-order valence-corrected chi connectivity index (χ0v) is 12.1. The van der Waals surface area contributed by atoms with E-state index in [4.69, 9.17) is 11.6 Å². The van der Waals surface area contributed by atoms with Gasteiger partial charge in [-0.25, -0.2) is 0 Å². The second-order valence-corrected chi connectivity index (χ2v) is 5.18. The standard InChI is InChI=1S/C16H19ClN2/c1-19(2)16-5-3-4-15(12-16)18-11-10-13-6-8-14(17)9-7-13/h3-9,12,18H,10-11H2,1-2H3. The van der Waals surface area contributed by atoms with Crippen molar-refractivity contribution in [2.45, 2.75) is 6.42 Å². The number of halogens is 1. The molecule has 0 unspecified atom stereocenters. The van der Waals surface area contributed by atoms with Gasteiger partial charge in [0.2, 0.25) is 0 Å². The van der Waals surface area contributed by atoms with Gasteiger partial charge in [0.25, 0.3) is 0 Å². The summed E-state index contributed by atoms with van der Waals surface area (Å²) >= 11 is 5.87. The molecule has 0 saturated heterocycles. The summed E-state index contributed by atoms with van der Waals surface area (Å²) in [5.41, 5.74) is 3.65. The van der Waals surface area contributed by atoms with E-state index in [-0.39, 0.29) is 0 Å².